The number of nitrogens with one attached hydrogen (secondary N) is 1. The zero-order valence-electron chi connectivity index (χ0n) is 22.3. The largest absolute Gasteiger partial charge is 0.456 e. The molecule has 0 radical (unpaired) electrons. The van der Waals surface area contributed by atoms with E-state index in [0.717, 1.165) is 58.2 Å². The number of carbonyl (C=O) groups excluding carboxylic acids is 2. The van der Waals surface area contributed by atoms with Crippen LogP contribution in [0.25, 0.3) is 27.9 Å². The molecule has 198 valence electrons. The van der Waals surface area contributed by atoms with Crippen LogP contribution in [0.1, 0.15) is 58.6 Å². The van der Waals surface area contributed by atoms with E-state index in [1.807, 2.05) is 66.7 Å². The van der Waals surface area contributed by atoms with Gasteiger partial charge in [0, 0.05) is 22.2 Å². The number of rotatable bonds is 8. The van der Waals surface area contributed by atoms with E-state index in [9.17, 15) is 9.59 Å². The highest BCUT2D eigenvalue weighted by Gasteiger charge is 2.22. The van der Waals surface area contributed by atoms with Crippen molar-refractivity contribution in [3.63, 3.8) is 0 Å². The molecule has 0 fully saturated rings. The average molecular weight is 526 g/mol. The van der Waals surface area contributed by atoms with E-state index in [1.165, 1.54) is 24.0 Å². The predicted molar refractivity (Wildman–Crippen MR) is 161 cm³/mol. The molecule has 1 amide bonds. The summed E-state index contributed by atoms with van der Waals surface area (Å²) in [5.74, 6) is 0.344. The highest BCUT2D eigenvalue weighted by atomic mass is 16.3. The Bertz CT molecular complexity index is 1630. The lowest BCUT2D eigenvalue weighted by Gasteiger charge is -2.19. The van der Waals surface area contributed by atoms with E-state index in [0.29, 0.717) is 12.0 Å². The van der Waals surface area contributed by atoms with E-state index < -0.39 is 0 Å². The van der Waals surface area contributed by atoms with E-state index in [1.54, 1.807) is 12.1 Å². The fourth-order valence-corrected chi connectivity index (χ4v) is 5.43. The number of furan rings is 1. The molecule has 4 aromatic carbocycles. The maximum Gasteiger partial charge on any atom is 0.232 e. The van der Waals surface area contributed by atoms with E-state index >= 15 is 0 Å². The van der Waals surface area contributed by atoms with Gasteiger partial charge in [-0.05, 0) is 90.8 Å². The van der Waals surface area contributed by atoms with Crippen molar-refractivity contribution in [2.45, 2.75) is 38.0 Å². The smallest absolute Gasteiger partial charge is 0.232 e. The van der Waals surface area contributed by atoms with Crippen LogP contribution in [0.15, 0.2) is 114 Å². The molecule has 1 unspecified atom stereocenters. The van der Waals surface area contributed by atoms with Crippen molar-refractivity contribution in [1.29, 1.82) is 0 Å². The van der Waals surface area contributed by atoms with Crippen molar-refractivity contribution in [1.82, 2.24) is 0 Å². The minimum atomic E-state index is -0.383. The fourth-order valence-electron chi connectivity index (χ4n) is 5.43. The number of fused-ring (bicyclic) bond motifs is 1. The lowest BCUT2D eigenvalue weighted by molar-refractivity contribution is -0.117. The standard InChI is InChI=1S/C36H31NO3/c38-24-26-12-10-25(11-13-26)22-33(29-16-14-28(15-17-29)27-6-2-1-3-7-27)36(39)37-32-20-18-30(19-21-32)35-23-31-8-4-5-9-34(31)40-35/h4-6,8-21,23-24,33H,1-3,7,22H2,(H,37,39). The third kappa shape index (κ3) is 5.67. The molecule has 6 rings (SSSR count). The number of amides is 1. The summed E-state index contributed by atoms with van der Waals surface area (Å²) in [7, 11) is 0. The Morgan fingerprint density at radius 3 is 2.30 bits per heavy atom. The molecule has 0 saturated carbocycles. The molecule has 1 aliphatic carbocycles. The first-order valence-corrected chi connectivity index (χ1v) is 13.9. The van der Waals surface area contributed by atoms with Crippen LogP contribution in [0, 0.1) is 0 Å². The van der Waals surface area contributed by atoms with E-state index in [4.69, 9.17) is 4.42 Å². The molecule has 1 aliphatic rings. The lowest BCUT2D eigenvalue weighted by atomic mass is 9.88. The molecule has 40 heavy (non-hydrogen) atoms. The zero-order valence-corrected chi connectivity index (χ0v) is 22.3. The molecular weight excluding hydrogens is 494 g/mol. The SMILES string of the molecule is O=Cc1ccc(CC(C(=O)Nc2ccc(-c3cc4ccccc4o3)cc2)c2ccc(C3=CCCCC3)cc2)cc1. The molecule has 0 aliphatic heterocycles. The number of carbonyl (C=O) groups is 2. The predicted octanol–water partition coefficient (Wildman–Crippen LogP) is 8.83. The molecule has 1 heterocycles. The second kappa shape index (κ2) is 11.6. The van der Waals surface area contributed by atoms with Crippen LogP contribution < -0.4 is 5.32 Å². The van der Waals surface area contributed by atoms with E-state index in [2.05, 4.69) is 35.7 Å². The first kappa shape index (κ1) is 25.6. The van der Waals surface area contributed by atoms with Crippen LogP contribution in [0.3, 0.4) is 0 Å². The number of hydrogen-bond donors (Lipinski definition) is 1. The summed E-state index contributed by atoms with van der Waals surface area (Å²) in [5.41, 5.74) is 7.76. The number of para-hydroxylation sites is 1. The third-order valence-electron chi connectivity index (χ3n) is 7.71. The molecule has 1 aromatic heterocycles. The molecule has 5 aromatic rings. The number of hydrogen-bond acceptors (Lipinski definition) is 3. The third-order valence-corrected chi connectivity index (χ3v) is 7.71. The van der Waals surface area contributed by atoms with Gasteiger partial charge in [-0.1, -0.05) is 72.8 Å². The first-order chi connectivity index (χ1) is 19.7. The van der Waals surface area contributed by atoms with Gasteiger partial charge in [0.05, 0.1) is 5.92 Å². The Morgan fingerprint density at radius 1 is 0.850 bits per heavy atom. The second-order valence-electron chi connectivity index (χ2n) is 10.4. The molecule has 1 atom stereocenters. The minimum absolute atomic E-state index is 0.0689. The quantitative estimate of drug-likeness (QED) is 0.206. The van der Waals surface area contributed by atoms with Crippen LogP contribution in [0.4, 0.5) is 5.69 Å². The van der Waals surface area contributed by atoms with Gasteiger partial charge in [-0.3, -0.25) is 9.59 Å². The second-order valence-corrected chi connectivity index (χ2v) is 10.4. The summed E-state index contributed by atoms with van der Waals surface area (Å²) < 4.78 is 5.99. The number of anilines is 1. The molecule has 4 nitrogen and oxygen atoms in total. The molecular formula is C36H31NO3. The number of allylic oxidation sites excluding steroid dienone is 2. The topological polar surface area (TPSA) is 59.3 Å². The molecule has 0 spiro atoms. The van der Waals surface area contributed by atoms with Gasteiger partial charge in [-0.2, -0.15) is 0 Å². The molecule has 4 heteroatoms. The van der Waals surface area contributed by atoms with Crippen molar-refractivity contribution >= 4 is 34.4 Å². The van der Waals surface area contributed by atoms with Crippen molar-refractivity contribution in [2.24, 2.45) is 0 Å². The van der Waals surface area contributed by atoms with Crippen LogP contribution in [0.2, 0.25) is 0 Å². The van der Waals surface area contributed by atoms with Gasteiger partial charge in [-0.15, -0.1) is 0 Å². The Labute approximate surface area is 234 Å². The van der Waals surface area contributed by atoms with Crippen LogP contribution in [-0.2, 0) is 11.2 Å². The van der Waals surface area contributed by atoms with Gasteiger partial charge in [0.2, 0.25) is 5.91 Å². The van der Waals surface area contributed by atoms with Crippen LogP contribution in [-0.4, -0.2) is 12.2 Å². The normalized spacial score (nSPS) is 13.9. The fraction of sp³-hybridized carbons (Fsp3) is 0.167. The van der Waals surface area contributed by atoms with Crippen molar-refractivity contribution < 1.29 is 14.0 Å². The Kier molecular flexibility index (Phi) is 7.41. The van der Waals surface area contributed by atoms with Crippen molar-refractivity contribution in [3.8, 4) is 11.3 Å². The summed E-state index contributed by atoms with van der Waals surface area (Å²) in [6.45, 7) is 0. The Morgan fingerprint density at radius 2 is 1.60 bits per heavy atom. The maximum absolute atomic E-state index is 13.7. The van der Waals surface area contributed by atoms with Gasteiger partial charge in [-0.25, -0.2) is 0 Å². The van der Waals surface area contributed by atoms with E-state index in [-0.39, 0.29) is 11.8 Å². The van der Waals surface area contributed by atoms with Gasteiger partial charge in [0.25, 0.3) is 0 Å². The Balaban J connectivity index is 1.23. The van der Waals surface area contributed by atoms with Crippen LogP contribution >= 0.6 is 0 Å². The monoisotopic (exact) mass is 525 g/mol. The van der Waals surface area contributed by atoms with Gasteiger partial charge in [0.1, 0.15) is 17.6 Å². The molecule has 0 saturated heterocycles. The molecule has 0 bridgehead atoms. The minimum Gasteiger partial charge on any atom is -0.456 e. The van der Waals surface area contributed by atoms with Crippen molar-refractivity contribution in [2.75, 3.05) is 5.32 Å². The summed E-state index contributed by atoms with van der Waals surface area (Å²) in [4.78, 5) is 24.8. The van der Waals surface area contributed by atoms with Crippen molar-refractivity contribution in [3.05, 3.63) is 131 Å². The first-order valence-electron chi connectivity index (χ1n) is 13.9. The van der Waals surface area contributed by atoms with Gasteiger partial charge >= 0.3 is 0 Å². The number of aldehydes is 1. The number of benzene rings is 4. The molecule has 1 N–H and O–H groups in total. The maximum atomic E-state index is 13.7. The van der Waals surface area contributed by atoms with Gasteiger partial charge < -0.3 is 9.73 Å². The highest BCUT2D eigenvalue weighted by Crippen LogP contribution is 2.31. The zero-order chi connectivity index (χ0) is 27.3. The average Bonchev–Trinajstić information content (AvgIpc) is 3.45. The Hall–Kier alpha value is -4.70. The van der Waals surface area contributed by atoms with Crippen LogP contribution in [0.5, 0.6) is 0 Å². The summed E-state index contributed by atoms with van der Waals surface area (Å²) in [5, 5.41) is 4.19. The summed E-state index contributed by atoms with van der Waals surface area (Å²) in [6.07, 6.45) is 8.43. The summed E-state index contributed by atoms with van der Waals surface area (Å²) in [6, 6.07) is 33.6. The summed E-state index contributed by atoms with van der Waals surface area (Å²) >= 11 is 0. The van der Waals surface area contributed by atoms with Gasteiger partial charge in [0.15, 0.2) is 0 Å². The highest BCUT2D eigenvalue weighted by molar-refractivity contribution is 5.96. The lowest BCUT2D eigenvalue weighted by Crippen LogP contribution is -2.23.